The number of carbonyl (C=O) groups excluding carboxylic acids is 2. The predicted molar refractivity (Wildman–Crippen MR) is 126 cm³/mol. The van der Waals surface area contributed by atoms with Crippen LogP contribution in [0.5, 0.6) is 0 Å². The van der Waals surface area contributed by atoms with Crippen LogP contribution in [0.25, 0.3) is 5.69 Å². The zero-order chi connectivity index (χ0) is 25.9. The summed E-state index contributed by atoms with van der Waals surface area (Å²) < 4.78 is 41.6. The molecule has 1 aliphatic heterocycles. The molecule has 0 atom stereocenters. The number of aromatic nitrogens is 2. The lowest BCUT2D eigenvalue weighted by molar-refractivity contribution is -0.137. The van der Waals surface area contributed by atoms with Crippen LogP contribution in [0.3, 0.4) is 0 Å². The second-order valence-electron chi connectivity index (χ2n) is 8.70. The van der Waals surface area contributed by atoms with E-state index in [1.54, 1.807) is 0 Å². The molecule has 1 N–H and O–H groups in total. The van der Waals surface area contributed by atoms with E-state index in [9.17, 15) is 27.6 Å². The monoisotopic (exact) mass is 498 g/mol. The number of aryl methyl sites for hydroxylation is 1. The van der Waals surface area contributed by atoms with E-state index in [4.69, 9.17) is 0 Å². The topological polar surface area (TPSA) is 84.3 Å². The minimum absolute atomic E-state index is 0.106. The highest BCUT2D eigenvalue weighted by Gasteiger charge is 2.35. The first-order chi connectivity index (χ1) is 17.1. The van der Waals surface area contributed by atoms with E-state index >= 15 is 0 Å². The number of rotatable bonds is 5. The van der Waals surface area contributed by atoms with Crippen molar-refractivity contribution in [1.82, 2.24) is 20.0 Å². The number of piperidine rings is 1. The number of halogens is 3. The number of nitrogens with zero attached hydrogens (tertiary/aromatic N) is 3. The number of amides is 2. The number of hydrogen-bond acceptors (Lipinski definition) is 4. The van der Waals surface area contributed by atoms with Crippen LogP contribution in [0.2, 0.25) is 0 Å². The van der Waals surface area contributed by atoms with Gasteiger partial charge in [-0.1, -0.05) is 42.5 Å². The van der Waals surface area contributed by atoms with Crippen LogP contribution in [-0.4, -0.2) is 39.6 Å². The van der Waals surface area contributed by atoms with Crippen molar-refractivity contribution in [2.45, 2.75) is 32.5 Å². The summed E-state index contributed by atoms with van der Waals surface area (Å²) in [5.74, 6) is -1.05. The van der Waals surface area contributed by atoms with Crippen molar-refractivity contribution in [2.75, 3.05) is 13.1 Å². The van der Waals surface area contributed by atoms with Gasteiger partial charge >= 0.3 is 6.18 Å². The van der Waals surface area contributed by atoms with E-state index in [2.05, 4.69) is 10.4 Å². The van der Waals surface area contributed by atoms with Gasteiger partial charge in [0.1, 0.15) is 0 Å². The second-order valence-corrected chi connectivity index (χ2v) is 8.70. The fourth-order valence-corrected chi connectivity index (χ4v) is 4.26. The van der Waals surface area contributed by atoms with Crippen LogP contribution in [0.1, 0.15) is 40.2 Å². The number of carbonyl (C=O) groups is 2. The molecule has 1 aliphatic rings. The van der Waals surface area contributed by atoms with Crippen molar-refractivity contribution < 1.29 is 22.8 Å². The number of likely N-dealkylation sites (tertiary alicyclic amines) is 1. The molecule has 1 aromatic heterocycles. The molecule has 2 aromatic carbocycles. The smallest absolute Gasteiger partial charge is 0.352 e. The third-order valence-corrected chi connectivity index (χ3v) is 6.21. The van der Waals surface area contributed by atoms with Gasteiger partial charge in [0.15, 0.2) is 5.69 Å². The molecule has 36 heavy (non-hydrogen) atoms. The zero-order valence-electron chi connectivity index (χ0n) is 19.6. The summed E-state index contributed by atoms with van der Waals surface area (Å²) in [6.07, 6.45) is -3.83. The fourth-order valence-electron chi connectivity index (χ4n) is 4.26. The maximum Gasteiger partial charge on any atom is 0.418 e. The Bertz CT molecular complexity index is 1310. The second kappa shape index (κ2) is 10.3. The van der Waals surface area contributed by atoms with Crippen molar-refractivity contribution >= 4 is 11.8 Å². The van der Waals surface area contributed by atoms with E-state index < -0.39 is 28.8 Å². The number of benzene rings is 2. The normalized spacial score (nSPS) is 14.5. The van der Waals surface area contributed by atoms with Crippen molar-refractivity contribution in [3.63, 3.8) is 0 Å². The SMILES string of the molecule is Cc1cc(=O)c(C(=O)N2CCC(C(=O)NCc3ccccc3)CC2)nn1-c1ccccc1C(F)(F)F. The van der Waals surface area contributed by atoms with Crippen molar-refractivity contribution in [3.8, 4) is 5.69 Å². The molecule has 0 aliphatic carbocycles. The average Bonchev–Trinajstić information content (AvgIpc) is 2.87. The Morgan fingerprint density at radius 3 is 2.33 bits per heavy atom. The van der Waals surface area contributed by atoms with Crippen LogP contribution in [0, 0.1) is 12.8 Å². The fraction of sp³-hybridized carbons (Fsp3) is 0.308. The first-order valence-corrected chi connectivity index (χ1v) is 11.5. The van der Waals surface area contributed by atoms with Crippen molar-refractivity contribution in [2.24, 2.45) is 5.92 Å². The number of nitrogens with one attached hydrogen (secondary N) is 1. The summed E-state index contributed by atoms with van der Waals surface area (Å²) in [4.78, 5) is 39.7. The lowest BCUT2D eigenvalue weighted by atomic mass is 9.95. The lowest BCUT2D eigenvalue weighted by Gasteiger charge is -2.31. The molecule has 0 unspecified atom stereocenters. The first-order valence-electron chi connectivity index (χ1n) is 11.5. The average molecular weight is 499 g/mol. The number of para-hydroxylation sites is 1. The molecule has 3 aromatic rings. The Balaban J connectivity index is 1.47. The molecule has 0 saturated carbocycles. The van der Waals surface area contributed by atoms with Gasteiger partial charge in [0, 0.05) is 37.3 Å². The Labute approximate surface area is 205 Å². The van der Waals surface area contributed by atoms with Gasteiger partial charge in [-0.2, -0.15) is 18.3 Å². The molecule has 1 fully saturated rings. The van der Waals surface area contributed by atoms with Crippen molar-refractivity contribution in [1.29, 1.82) is 0 Å². The molecule has 0 spiro atoms. The zero-order valence-corrected chi connectivity index (χ0v) is 19.6. The van der Waals surface area contributed by atoms with Gasteiger partial charge in [0.2, 0.25) is 11.3 Å². The molecule has 10 heteroatoms. The molecule has 4 rings (SSSR count). The van der Waals surface area contributed by atoms with E-state index in [1.807, 2.05) is 30.3 Å². The van der Waals surface area contributed by atoms with Crippen LogP contribution < -0.4 is 10.7 Å². The Kier molecular flexibility index (Phi) is 7.23. The molecule has 188 valence electrons. The molecule has 0 bridgehead atoms. The molecule has 0 radical (unpaired) electrons. The third kappa shape index (κ3) is 5.48. The molecular weight excluding hydrogens is 473 g/mol. The Morgan fingerprint density at radius 2 is 1.67 bits per heavy atom. The summed E-state index contributed by atoms with van der Waals surface area (Å²) in [6.45, 7) is 2.33. The number of hydrogen-bond donors (Lipinski definition) is 1. The van der Waals surface area contributed by atoms with Crippen LogP contribution >= 0.6 is 0 Å². The van der Waals surface area contributed by atoms with Gasteiger partial charge in [-0.3, -0.25) is 14.4 Å². The Morgan fingerprint density at radius 1 is 1.03 bits per heavy atom. The molecule has 2 heterocycles. The van der Waals surface area contributed by atoms with E-state index in [0.717, 1.165) is 22.4 Å². The van der Waals surface area contributed by atoms with E-state index in [0.29, 0.717) is 19.4 Å². The van der Waals surface area contributed by atoms with Gasteiger partial charge in [0.25, 0.3) is 5.91 Å². The highest BCUT2D eigenvalue weighted by Crippen LogP contribution is 2.33. The van der Waals surface area contributed by atoms with E-state index in [-0.39, 0.29) is 36.3 Å². The maximum atomic E-state index is 13.5. The largest absolute Gasteiger partial charge is 0.418 e. The number of alkyl halides is 3. The van der Waals surface area contributed by atoms with Crippen LogP contribution in [0.4, 0.5) is 13.2 Å². The van der Waals surface area contributed by atoms with Gasteiger partial charge in [-0.25, -0.2) is 4.68 Å². The highest BCUT2D eigenvalue weighted by molar-refractivity contribution is 5.92. The Hall–Kier alpha value is -3.95. The molecular formula is C26H25F3N4O3. The van der Waals surface area contributed by atoms with Crippen LogP contribution in [-0.2, 0) is 17.5 Å². The van der Waals surface area contributed by atoms with Gasteiger partial charge in [-0.15, -0.1) is 0 Å². The van der Waals surface area contributed by atoms with Crippen molar-refractivity contribution in [3.05, 3.63) is 93.4 Å². The van der Waals surface area contributed by atoms with Gasteiger partial charge < -0.3 is 10.2 Å². The first kappa shape index (κ1) is 25.2. The third-order valence-electron chi connectivity index (χ3n) is 6.21. The molecule has 2 amide bonds. The summed E-state index contributed by atoms with van der Waals surface area (Å²) in [5.41, 5.74) is -1.17. The van der Waals surface area contributed by atoms with E-state index in [1.165, 1.54) is 30.0 Å². The maximum absolute atomic E-state index is 13.5. The standard InChI is InChI=1S/C26H25F3N4O3/c1-17-15-22(34)23(31-33(17)21-10-6-5-9-20(21)26(27,28)29)25(36)32-13-11-19(12-14-32)24(35)30-16-18-7-3-2-4-8-18/h2-10,15,19H,11-14,16H2,1H3,(H,30,35). The summed E-state index contributed by atoms with van der Waals surface area (Å²) >= 11 is 0. The lowest BCUT2D eigenvalue weighted by Crippen LogP contribution is -2.44. The minimum Gasteiger partial charge on any atom is -0.352 e. The molecule has 1 saturated heterocycles. The summed E-state index contributed by atoms with van der Waals surface area (Å²) in [5, 5.41) is 6.95. The van der Waals surface area contributed by atoms with Gasteiger partial charge in [0.05, 0.1) is 11.3 Å². The predicted octanol–water partition coefficient (Wildman–Crippen LogP) is 3.73. The van der Waals surface area contributed by atoms with Gasteiger partial charge in [-0.05, 0) is 37.5 Å². The minimum atomic E-state index is -4.64. The summed E-state index contributed by atoms with van der Waals surface area (Å²) in [6, 6.07) is 15.5. The highest BCUT2D eigenvalue weighted by atomic mass is 19.4. The van der Waals surface area contributed by atoms with Crippen LogP contribution in [0.15, 0.2) is 65.5 Å². The summed E-state index contributed by atoms with van der Waals surface area (Å²) in [7, 11) is 0. The quantitative estimate of drug-likeness (QED) is 0.581. The molecule has 7 nitrogen and oxygen atoms in total.